The normalized spacial score (nSPS) is 18.2. The molecule has 1 fully saturated rings. The molecule has 0 radical (unpaired) electrons. The number of ether oxygens (including phenoxy) is 1. The SMILES string of the molecule is CCCC[C@@H]1S/C(=N/N=C\c2ccc(OC)cc2)N(Cc2ccccc2C)C1=O. The van der Waals surface area contributed by atoms with Crippen LogP contribution in [-0.2, 0) is 11.3 Å². The third-order valence-corrected chi connectivity index (χ3v) is 6.13. The first-order chi connectivity index (χ1) is 14.1. The third kappa shape index (κ3) is 5.48. The van der Waals surface area contributed by atoms with Crippen LogP contribution in [-0.4, -0.2) is 34.5 Å². The molecule has 0 aliphatic carbocycles. The predicted molar refractivity (Wildman–Crippen MR) is 121 cm³/mol. The highest BCUT2D eigenvalue weighted by atomic mass is 32.2. The first-order valence-corrected chi connectivity index (χ1v) is 10.8. The van der Waals surface area contributed by atoms with Crippen molar-refractivity contribution in [2.24, 2.45) is 10.2 Å². The van der Waals surface area contributed by atoms with Gasteiger partial charge in [-0.25, -0.2) is 0 Å². The Morgan fingerprint density at radius 3 is 2.62 bits per heavy atom. The molecule has 0 bridgehead atoms. The van der Waals surface area contributed by atoms with Crippen molar-refractivity contribution in [1.29, 1.82) is 0 Å². The molecule has 0 unspecified atom stereocenters. The van der Waals surface area contributed by atoms with Gasteiger partial charge in [0.2, 0.25) is 5.91 Å². The van der Waals surface area contributed by atoms with E-state index in [9.17, 15) is 4.79 Å². The van der Waals surface area contributed by atoms with Crippen LogP contribution in [0.25, 0.3) is 0 Å². The van der Waals surface area contributed by atoms with Gasteiger partial charge in [-0.2, -0.15) is 5.10 Å². The molecule has 0 N–H and O–H groups in total. The fraction of sp³-hybridized carbons (Fsp3) is 0.348. The van der Waals surface area contributed by atoms with Crippen LogP contribution in [0.5, 0.6) is 5.75 Å². The summed E-state index contributed by atoms with van der Waals surface area (Å²) in [5.41, 5.74) is 3.23. The van der Waals surface area contributed by atoms with Crippen LogP contribution in [0.15, 0.2) is 58.7 Å². The molecule has 6 heteroatoms. The van der Waals surface area contributed by atoms with E-state index in [1.54, 1.807) is 18.2 Å². The summed E-state index contributed by atoms with van der Waals surface area (Å²) in [4.78, 5) is 14.8. The van der Waals surface area contributed by atoms with Gasteiger partial charge < -0.3 is 4.74 Å². The fourth-order valence-corrected chi connectivity index (χ4v) is 4.24. The second kappa shape index (κ2) is 10.3. The summed E-state index contributed by atoms with van der Waals surface area (Å²) < 4.78 is 5.17. The first kappa shape index (κ1) is 21.1. The van der Waals surface area contributed by atoms with Gasteiger partial charge >= 0.3 is 0 Å². The van der Waals surface area contributed by atoms with Crippen LogP contribution < -0.4 is 4.74 Å². The van der Waals surface area contributed by atoms with Crippen molar-refractivity contribution in [2.75, 3.05) is 7.11 Å². The summed E-state index contributed by atoms with van der Waals surface area (Å²) in [7, 11) is 1.64. The van der Waals surface area contributed by atoms with E-state index in [2.05, 4.69) is 36.2 Å². The number of thioether (sulfide) groups is 1. The number of benzene rings is 2. The number of hydrogen-bond acceptors (Lipinski definition) is 5. The maximum atomic E-state index is 13.0. The zero-order chi connectivity index (χ0) is 20.6. The van der Waals surface area contributed by atoms with Gasteiger partial charge in [-0.05, 0) is 54.3 Å². The molecule has 2 aromatic carbocycles. The smallest absolute Gasteiger partial charge is 0.242 e. The van der Waals surface area contributed by atoms with E-state index in [4.69, 9.17) is 4.74 Å². The molecule has 0 aromatic heterocycles. The average Bonchev–Trinajstić information content (AvgIpc) is 3.03. The highest BCUT2D eigenvalue weighted by Crippen LogP contribution is 2.32. The molecule has 1 atom stereocenters. The van der Waals surface area contributed by atoms with Crippen LogP contribution in [0.1, 0.15) is 42.9 Å². The zero-order valence-electron chi connectivity index (χ0n) is 17.2. The molecule has 3 rings (SSSR count). The van der Waals surface area contributed by atoms with Crippen molar-refractivity contribution in [3.05, 3.63) is 65.2 Å². The molecule has 1 aliphatic heterocycles. The second-order valence-electron chi connectivity index (χ2n) is 7.00. The highest BCUT2D eigenvalue weighted by molar-refractivity contribution is 8.15. The Morgan fingerprint density at radius 2 is 1.93 bits per heavy atom. The number of carbonyl (C=O) groups is 1. The lowest BCUT2D eigenvalue weighted by Crippen LogP contribution is -2.31. The lowest BCUT2D eigenvalue weighted by molar-refractivity contribution is -0.126. The Morgan fingerprint density at radius 1 is 1.17 bits per heavy atom. The summed E-state index contributed by atoms with van der Waals surface area (Å²) >= 11 is 1.53. The van der Waals surface area contributed by atoms with Crippen LogP contribution >= 0.6 is 11.8 Å². The van der Waals surface area contributed by atoms with Gasteiger partial charge in [0, 0.05) is 0 Å². The second-order valence-corrected chi connectivity index (χ2v) is 8.17. The van der Waals surface area contributed by atoms with Gasteiger partial charge in [-0.15, -0.1) is 5.10 Å². The lowest BCUT2D eigenvalue weighted by atomic mass is 10.1. The van der Waals surface area contributed by atoms with Gasteiger partial charge in [0.25, 0.3) is 0 Å². The third-order valence-electron chi connectivity index (χ3n) is 4.90. The molecule has 1 amide bonds. The first-order valence-electron chi connectivity index (χ1n) is 9.90. The molecule has 1 saturated heterocycles. The van der Waals surface area contributed by atoms with Crippen molar-refractivity contribution in [3.63, 3.8) is 0 Å². The van der Waals surface area contributed by atoms with Gasteiger partial charge in [0.05, 0.1) is 25.1 Å². The van der Waals surface area contributed by atoms with Gasteiger partial charge in [0.15, 0.2) is 5.17 Å². The standard InChI is InChI=1S/C23H27N3O2S/c1-4-5-10-21-22(27)26(16-19-9-7-6-8-17(19)2)23(29-21)25-24-15-18-11-13-20(28-3)14-12-18/h6-9,11-15,21H,4-5,10,16H2,1-3H3/b24-15-,25-23+/t21-/m0/s1. The average molecular weight is 410 g/mol. The molecule has 2 aromatic rings. The van der Waals surface area contributed by atoms with Gasteiger partial charge in [-0.1, -0.05) is 55.8 Å². The number of rotatable bonds is 8. The minimum atomic E-state index is -0.0751. The largest absolute Gasteiger partial charge is 0.497 e. The van der Waals surface area contributed by atoms with Gasteiger partial charge in [0.1, 0.15) is 5.75 Å². The van der Waals surface area contributed by atoms with E-state index in [-0.39, 0.29) is 11.2 Å². The van der Waals surface area contributed by atoms with E-state index in [0.717, 1.165) is 36.1 Å². The zero-order valence-corrected chi connectivity index (χ0v) is 18.0. The minimum absolute atomic E-state index is 0.0751. The Kier molecular flexibility index (Phi) is 7.47. The molecular weight excluding hydrogens is 382 g/mol. The summed E-state index contributed by atoms with van der Waals surface area (Å²) in [6.07, 6.45) is 4.67. The van der Waals surface area contributed by atoms with Crippen LogP contribution in [0, 0.1) is 6.92 Å². The number of unbranched alkanes of at least 4 members (excludes halogenated alkanes) is 1. The fourth-order valence-electron chi connectivity index (χ4n) is 3.10. The van der Waals surface area contributed by atoms with Crippen LogP contribution in [0.2, 0.25) is 0 Å². The van der Waals surface area contributed by atoms with Crippen LogP contribution in [0.4, 0.5) is 0 Å². The summed E-state index contributed by atoms with van der Waals surface area (Å²) in [5.74, 6) is 0.929. The number of methoxy groups -OCH3 is 1. The van der Waals surface area contributed by atoms with Crippen molar-refractivity contribution in [3.8, 4) is 5.75 Å². The van der Waals surface area contributed by atoms with E-state index < -0.39 is 0 Å². The molecule has 152 valence electrons. The predicted octanol–water partition coefficient (Wildman–Crippen LogP) is 5.03. The van der Waals surface area contributed by atoms with Crippen molar-refractivity contribution < 1.29 is 9.53 Å². The molecule has 0 spiro atoms. The molecule has 5 nitrogen and oxygen atoms in total. The van der Waals surface area contributed by atoms with E-state index in [1.807, 2.05) is 36.4 Å². The maximum Gasteiger partial charge on any atom is 0.242 e. The summed E-state index contributed by atoms with van der Waals surface area (Å²) in [5, 5.41) is 9.25. The van der Waals surface area contributed by atoms with Crippen molar-refractivity contribution >= 4 is 29.1 Å². The van der Waals surface area contributed by atoms with Crippen molar-refractivity contribution in [1.82, 2.24) is 4.90 Å². The Labute approximate surface area is 176 Å². The summed E-state index contributed by atoms with van der Waals surface area (Å²) in [6, 6.07) is 15.7. The monoisotopic (exact) mass is 409 g/mol. The van der Waals surface area contributed by atoms with E-state index >= 15 is 0 Å². The number of amidine groups is 1. The Bertz CT molecular complexity index is 893. The quantitative estimate of drug-likeness (QED) is 0.454. The highest BCUT2D eigenvalue weighted by Gasteiger charge is 2.37. The molecular formula is C23H27N3O2S. The van der Waals surface area contributed by atoms with E-state index in [0.29, 0.717) is 11.7 Å². The summed E-state index contributed by atoms with van der Waals surface area (Å²) in [6.45, 7) is 4.73. The minimum Gasteiger partial charge on any atom is -0.497 e. The Hall–Kier alpha value is -2.60. The van der Waals surface area contributed by atoms with E-state index in [1.165, 1.54) is 17.3 Å². The number of aryl methyl sites for hydroxylation is 1. The van der Waals surface area contributed by atoms with Crippen LogP contribution in [0.3, 0.4) is 0 Å². The molecule has 1 heterocycles. The van der Waals surface area contributed by atoms with Gasteiger partial charge in [-0.3, -0.25) is 9.69 Å². The molecule has 1 aliphatic rings. The Balaban J connectivity index is 1.79. The molecule has 29 heavy (non-hydrogen) atoms. The number of hydrogen-bond donors (Lipinski definition) is 0. The topological polar surface area (TPSA) is 54.3 Å². The number of carbonyl (C=O) groups excluding carboxylic acids is 1. The molecule has 0 saturated carbocycles. The van der Waals surface area contributed by atoms with Crippen molar-refractivity contribution in [2.45, 2.75) is 44.9 Å². The lowest BCUT2D eigenvalue weighted by Gasteiger charge is -2.17. The number of nitrogens with zero attached hydrogens (tertiary/aromatic N) is 3. The maximum absolute atomic E-state index is 13.0. The number of amides is 1.